The Morgan fingerprint density at radius 2 is 1.58 bits per heavy atom. The summed E-state index contributed by atoms with van der Waals surface area (Å²) in [5.74, 6) is 0.972. The van der Waals surface area contributed by atoms with Crippen molar-refractivity contribution in [3.8, 4) is 5.75 Å². The van der Waals surface area contributed by atoms with Gasteiger partial charge in [0.05, 0.1) is 6.61 Å². The fourth-order valence-electron chi connectivity index (χ4n) is 3.19. The van der Waals surface area contributed by atoms with Crippen LogP contribution < -0.4 is 10.1 Å². The molecule has 2 nitrogen and oxygen atoms in total. The number of rotatable bonds is 10. The molecular weight excluding hydrogens is 318 g/mol. The topological polar surface area (TPSA) is 21.3 Å². The van der Waals surface area contributed by atoms with Crippen LogP contribution in [0.2, 0.25) is 0 Å². The molecule has 26 heavy (non-hydrogen) atoms. The molecule has 0 fully saturated rings. The summed E-state index contributed by atoms with van der Waals surface area (Å²) in [5.41, 5.74) is 2.75. The van der Waals surface area contributed by atoms with E-state index in [9.17, 15) is 0 Å². The van der Waals surface area contributed by atoms with Crippen LogP contribution in [0, 0.1) is 0 Å². The molecule has 3 aromatic rings. The van der Waals surface area contributed by atoms with E-state index in [1.165, 1.54) is 34.7 Å². The summed E-state index contributed by atoms with van der Waals surface area (Å²) in [7, 11) is 0. The van der Waals surface area contributed by atoms with E-state index in [1.54, 1.807) is 0 Å². The molecule has 0 heterocycles. The highest BCUT2D eigenvalue weighted by Gasteiger charge is 2.00. The van der Waals surface area contributed by atoms with Crippen molar-refractivity contribution in [3.63, 3.8) is 0 Å². The first-order chi connectivity index (χ1) is 12.8. The summed E-state index contributed by atoms with van der Waals surface area (Å²) in [6, 6.07) is 23.7. The SMILES string of the molecule is CCNCc1ccc2cc(OCCCCCc3ccccc3)ccc2c1. The van der Waals surface area contributed by atoms with Gasteiger partial charge in [0, 0.05) is 6.54 Å². The Kier molecular flexibility index (Phi) is 7.09. The number of benzene rings is 3. The molecule has 0 amide bonds. The molecule has 0 saturated heterocycles. The quantitative estimate of drug-likeness (QED) is 0.472. The van der Waals surface area contributed by atoms with Crippen LogP contribution in [-0.2, 0) is 13.0 Å². The zero-order chi connectivity index (χ0) is 18.0. The van der Waals surface area contributed by atoms with E-state index < -0.39 is 0 Å². The van der Waals surface area contributed by atoms with Gasteiger partial charge < -0.3 is 10.1 Å². The molecule has 3 aromatic carbocycles. The van der Waals surface area contributed by atoms with E-state index in [1.807, 2.05) is 0 Å². The highest BCUT2D eigenvalue weighted by atomic mass is 16.5. The van der Waals surface area contributed by atoms with Gasteiger partial charge in [0.25, 0.3) is 0 Å². The summed E-state index contributed by atoms with van der Waals surface area (Å²) < 4.78 is 5.95. The molecule has 0 unspecified atom stereocenters. The maximum Gasteiger partial charge on any atom is 0.119 e. The number of fused-ring (bicyclic) bond motifs is 1. The van der Waals surface area contributed by atoms with Gasteiger partial charge in [-0.1, -0.05) is 55.5 Å². The molecule has 0 saturated carbocycles. The molecule has 0 aromatic heterocycles. The first-order valence-electron chi connectivity index (χ1n) is 9.75. The third kappa shape index (κ3) is 5.60. The molecule has 0 radical (unpaired) electrons. The summed E-state index contributed by atoms with van der Waals surface area (Å²) in [6.07, 6.45) is 4.69. The first-order valence-corrected chi connectivity index (χ1v) is 9.75. The standard InChI is InChI=1S/C24H29NO/c1-2-25-19-21-12-13-23-18-24(15-14-22(23)17-21)26-16-8-4-7-11-20-9-5-3-6-10-20/h3,5-6,9-10,12-15,17-18,25H,2,4,7-8,11,16,19H2,1H3. The van der Waals surface area contributed by atoms with Crippen LogP contribution in [0.1, 0.15) is 37.3 Å². The minimum Gasteiger partial charge on any atom is -0.494 e. The minimum absolute atomic E-state index is 0.790. The second kappa shape index (κ2) is 9.98. The molecular formula is C24H29NO. The van der Waals surface area contributed by atoms with Crippen LogP contribution in [-0.4, -0.2) is 13.2 Å². The van der Waals surface area contributed by atoms with Crippen molar-refractivity contribution in [3.05, 3.63) is 77.9 Å². The fourth-order valence-corrected chi connectivity index (χ4v) is 3.19. The number of ether oxygens (including phenoxy) is 1. The summed E-state index contributed by atoms with van der Waals surface area (Å²) >= 11 is 0. The van der Waals surface area contributed by atoms with Crippen molar-refractivity contribution in [2.45, 2.75) is 39.2 Å². The Bertz CT molecular complexity index is 798. The van der Waals surface area contributed by atoms with E-state index in [0.717, 1.165) is 38.3 Å². The normalized spacial score (nSPS) is 11.0. The number of hydrogen-bond acceptors (Lipinski definition) is 2. The van der Waals surface area contributed by atoms with Crippen LogP contribution in [0.3, 0.4) is 0 Å². The smallest absolute Gasteiger partial charge is 0.119 e. The zero-order valence-electron chi connectivity index (χ0n) is 15.7. The van der Waals surface area contributed by atoms with Crippen molar-refractivity contribution in [2.24, 2.45) is 0 Å². The minimum atomic E-state index is 0.790. The van der Waals surface area contributed by atoms with E-state index >= 15 is 0 Å². The molecule has 0 spiro atoms. The largest absolute Gasteiger partial charge is 0.494 e. The average molecular weight is 348 g/mol. The highest BCUT2D eigenvalue weighted by molar-refractivity contribution is 5.84. The van der Waals surface area contributed by atoms with Gasteiger partial charge in [-0.25, -0.2) is 0 Å². The van der Waals surface area contributed by atoms with Crippen molar-refractivity contribution in [2.75, 3.05) is 13.2 Å². The third-order valence-electron chi connectivity index (χ3n) is 4.68. The third-order valence-corrected chi connectivity index (χ3v) is 4.68. The van der Waals surface area contributed by atoms with Gasteiger partial charge in [-0.05, 0) is 72.3 Å². The Morgan fingerprint density at radius 3 is 2.42 bits per heavy atom. The predicted molar refractivity (Wildman–Crippen MR) is 111 cm³/mol. The van der Waals surface area contributed by atoms with Crippen LogP contribution in [0.15, 0.2) is 66.7 Å². The first kappa shape index (κ1) is 18.5. The van der Waals surface area contributed by atoms with Crippen molar-refractivity contribution in [1.29, 1.82) is 0 Å². The van der Waals surface area contributed by atoms with Gasteiger partial charge in [-0.2, -0.15) is 0 Å². The lowest BCUT2D eigenvalue weighted by molar-refractivity contribution is 0.305. The second-order valence-corrected chi connectivity index (χ2v) is 6.77. The van der Waals surface area contributed by atoms with E-state index in [-0.39, 0.29) is 0 Å². The summed E-state index contributed by atoms with van der Waals surface area (Å²) in [6.45, 7) is 4.84. The van der Waals surface area contributed by atoms with Gasteiger partial charge in [-0.15, -0.1) is 0 Å². The van der Waals surface area contributed by atoms with Crippen LogP contribution >= 0.6 is 0 Å². The van der Waals surface area contributed by atoms with Gasteiger partial charge >= 0.3 is 0 Å². The molecule has 0 bridgehead atoms. The fraction of sp³-hybridized carbons (Fsp3) is 0.333. The highest BCUT2D eigenvalue weighted by Crippen LogP contribution is 2.22. The lowest BCUT2D eigenvalue weighted by Crippen LogP contribution is -2.11. The lowest BCUT2D eigenvalue weighted by Gasteiger charge is -2.09. The Morgan fingerprint density at radius 1 is 0.769 bits per heavy atom. The second-order valence-electron chi connectivity index (χ2n) is 6.77. The van der Waals surface area contributed by atoms with Crippen molar-refractivity contribution < 1.29 is 4.74 Å². The molecule has 3 rings (SSSR count). The molecule has 0 aliphatic heterocycles. The predicted octanol–water partition coefficient (Wildman–Crippen LogP) is 5.74. The summed E-state index contributed by atoms with van der Waals surface area (Å²) in [4.78, 5) is 0. The van der Waals surface area contributed by atoms with Crippen molar-refractivity contribution >= 4 is 10.8 Å². The van der Waals surface area contributed by atoms with E-state index in [0.29, 0.717) is 0 Å². The van der Waals surface area contributed by atoms with Crippen LogP contribution in [0.4, 0.5) is 0 Å². The van der Waals surface area contributed by atoms with Gasteiger partial charge in [0.2, 0.25) is 0 Å². The van der Waals surface area contributed by atoms with Gasteiger partial charge in [-0.3, -0.25) is 0 Å². The van der Waals surface area contributed by atoms with E-state index in [2.05, 4.69) is 79.0 Å². The molecule has 0 aliphatic rings. The molecule has 1 N–H and O–H groups in total. The number of unbranched alkanes of at least 4 members (excludes halogenated alkanes) is 2. The molecule has 0 atom stereocenters. The molecule has 2 heteroatoms. The monoisotopic (exact) mass is 347 g/mol. The van der Waals surface area contributed by atoms with E-state index in [4.69, 9.17) is 4.74 Å². The zero-order valence-corrected chi connectivity index (χ0v) is 15.7. The van der Waals surface area contributed by atoms with Crippen molar-refractivity contribution in [1.82, 2.24) is 5.32 Å². The van der Waals surface area contributed by atoms with Crippen LogP contribution in [0.25, 0.3) is 10.8 Å². The van der Waals surface area contributed by atoms with Gasteiger partial charge in [0.1, 0.15) is 5.75 Å². The van der Waals surface area contributed by atoms with Crippen LogP contribution in [0.5, 0.6) is 5.75 Å². The number of aryl methyl sites for hydroxylation is 1. The lowest BCUT2D eigenvalue weighted by atomic mass is 10.1. The number of nitrogens with one attached hydrogen (secondary N) is 1. The Balaban J connectivity index is 1.42. The summed E-state index contributed by atoms with van der Waals surface area (Å²) in [5, 5.41) is 5.89. The Labute approximate surface area is 157 Å². The number of hydrogen-bond donors (Lipinski definition) is 1. The molecule has 136 valence electrons. The van der Waals surface area contributed by atoms with Gasteiger partial charge in [0.15, 0.2) is 0 Å². The maximum atomic E-state index is 5.95. The Hall–Kier alpha value is -2.32. The average Bonchev–Trinajstić information content (AvgIpc) is 2.69. The molecule has 0 aliphatic carbocycles. The maximum absolute atomic E-state index is 5.95.